The molecule has 0 bridgehead atoms. The van der Waals surface area contributed by atoms with Gasteiger partial charge in [-0.15, -0.1) is 0 Å². The lowest BCUT2D eigenvalue weighted by Gasteiger charge is -2.36. The van der Waals surface area contributed by atoms with E-state index in [1.807, 2.05) is 18.2 Å². The zero-order valence-corrected chi connectivity index (χ0v) is 15.8. The molecule has 2 heterocycles. The topological polar surface area (TPSA) is 65.1 Å². The maximum Gasteiger partial charge on any atom is 0.325 e. The Kier molecular flexibility index (Phi) is 5.36. The number of rotatable bonds is 6. The van der Waals surface area contributed by atoms with E-state index in [4.69, 9.17) is 4.74 Å². The summed E-state index contributed by atoms with van der Waals surface area (Å²) in [6, 6.07) is 7.82. The Morgan fingerprint density at radius 2 is 1.77 bits per heavy atom. The molecule has 3 amide bonds. The standard InChI is InChI=1S/C19H28N4O3/c1-19(2)17(24)23(18(25)20-19)10-6-9-21-11-13-22(14-12-21)15-7-4-5-8-16(15)26-3/h4-5,7-8H,6,9-14H2,1-3H3,(H,20,25). The maximum atomic E-state index is 12.2. The third-order valence-electron chi connectivity index (χ3n) is 5.10. The summed E-state index contributed by atoms with van der Waals surface area (Å²) < 4.78 is 5.45. The Hall–Kier alpha value is -2.28. The van der Waals surface area contributed by atoms with E-state index < -0.39 is 5.54 Å². The monoisotopic (exact) mass is 360 g/mol. The van der Waals surface area contributed by atoms with E-state index in [0.29, 0.717) is 6.54 Å². The van der Waals surface area contributed by atoms with Crippen LogP contribution in [0.3, 0.4) is 0 Å². The lowest BCUT2D eigenvalue weighted by Crippen LogP contribution is -2.47. The van der Waals surface area contributed by atoms with E-state index >= 15 is 0 Å². The highest BCUT2D eigenvalue weighted by Crippen LogP contribution is 2.28. The van der Waals surface area contributed by atoms with Crippen LogP contribution in [0.5, 0.6) is 5.75 Å². The van der Waals surface area contributed by atoms with Crippen LogP contribution >= 0.6 is 0 Å². The smallest absolute Gasteiger partial charge is 0.325 e. The molecule has 2 aliphatic heterocycles. The van der Waals surface area contributed by atoms with Crippen LogP contribution in [0.1, 0.15) is 20.3 Å². The van der Waals surface area contributed by atoms with Crippen molar-refractivity contribution in [1.82, 2.24) is 15.1 Å². The van der Waals surface area contributed by atoms with Crippen molar-refractivity contribution in [2.24, 2.45) is 0 Å². The molecule has 0 aliphatic carbocycles. The van der Waals surface area contributed by atoms with Gasteiger partial charge in [0.25, 0.3) is 5.91 Å². The van der Waals surface area contributed by atoms with Crippen molar-refractivity contribution < 1.29 is 14.3 Å². The Labute approximate surface area is 154 Å². The SMILES string of the molecule is COc1ccccc1N1CCN(CCCN2C(=O)NC(C)(C)C2=O)CC1. The first-order valence-corrected chi connectivity index (χ1v) is 9.17. The molecule has 1 aromatic carbocycles. The normalized spacial score (nSPS) is 20.4. The third-order valence-corrected chi connectivity index (χ3v) is 5.10. The van der Waals surface area contributed by atoms with Crippen LogP contribution < -0.4 is 15.0 Å². The van der Waals surface area contributed by atoms with Crippen LogP contribution in [0.2, 0.25) is 0 Å². The number of methoxy groups -OCH3 is 1. The second kappa shape index (κ2) is 7.53. The van der Waals surface area contributed by atoms with Gasteiger partial charge in [-0.05, 0) is 38.9 Å². The summed E-state index contributed by atoms with van der Waals surface area (Å²) in [7, 11) is 1.70. The average molecular weight is 360 g/mol. The number of imide groups is 1. The molecule has 7 nitrogen and oxygen atoms in total. The van der Waals surface area contributed by atoms with Crippen molar-refractivity contribution in [2.75, 3.05) is 51.3 Å². The van der Waals surface area contributed by atoms with Crippen molar-refractivity contribution in [3.8, 4) is 5.75 Å². The Bertz CT molecular complexity index is 669. The zero-order valence-electron chi connectivity index (χ0n) is 15.8. The molecule has 3 rings (SSSR count). The second-order valence-corrected chi connectivity index (χ2v) is 7.37. The Balaban J connectivity index is 1.45. The first-order chi connectivity index (χ1) is 12.4. The van der Waals surface area contributed by atoms with E-state index in [1.54, 1.807) is 21.0 Å². The summed E-state index contributed by atoms with van der Waals surface area (Å²) >= 11 is 0. The van der Waals surface area contributed by atoms with E-state index in [-0.39, 0.29) is 11.9 Å². The Morgan fingerprint density at radius 3 is 2.38 bits per heavy atom. The van der Waals surface area contributed by atoms with Gasteiger partial charge in [-0.25, -0.2) is 4.79 Å². The van der Waals surface area contributed by atoms with Gasteiger partial charge in [0, 0.05) is 32.7 Å². The molecule has 2 fully saturated rings. The summed E-state index contributed by atoms with van der Waals surface area (Å²) in [6.45, 7) is 8.65. The number of hydrogen-bond donors (Lipinski definition) is 1. The number of carbonyl (C=O) groups excluding carboxylic acids is 2. The molecule has 0 saturated carbocycles. The minimum atomic E-state index is -0.780. The maximum absolute atomic E-state index is 12.2. The zero-order chi connectivity index (χ0) is 18.7. The first kappa shape index (κ1) is 18.5. The van der Waals surface area contributed by atoms with Gasteiger partial charge in [0.15, 0.2) is 0 Å². The lowest BCUT2D eigenvalue weighted by atomic mass is 10.1. The van der Waals surface area contributed by atoms with Crippen molar-refractivity contribution in [3.63, 3.8) is 0 Å². The number of benzene rings is 1. The molecule has 1 N–H and O–H groups in total. The highest BCUT2D eigenvalue weighted by Gasteiger charge is 2.43. The first-order valence-electron chi connectivity index (χ1n) is 9.17. The lowest BCUT2D eigenvalue weighted by molar-refractivity contribution is -0.130. The number of anilines is 1. The predicted molar refractivity (Wildman–Crippen MR) is 101 cm³/mol. The number of amides is 3. The summed E-state index contributed by atoms with van der Waals surface area (Å²) in [5.41, 5.74) is 0.355. The fourth-order valence-corrected chi connectivity index (χ4v) is 3.58. The molecule has 0 spiro atoms. The molecular formula is C19H28N4O3. The number of carbonyl (C=O) groups is 2. The highest BCUT2D eigenvalue weighted by molar-refractivity contribution is 6.06. The van der Waals surface area contributed by atoms with Gasteiger partial charge in [0.2, 0.25) is 0 Å². The molecule has 142 valence electrons. The number of hydrogen-bond acceptors (Lipinski definition) is 5. The minimum absolute atomic E-state index is 0.136. The highest BCUT2D eigenvalue weighted by atomic mass is 16.5. The fraction of sp³-hybridized carbons (Fsp3) is 0.579. The van der Waals surface area contributed by atoms with Gasteiger partial charge >= 0.3 is 6.03 Å². The van der Waals surface area contributed by atoms with E-state index in [2.05, 4.69) is 21.2 Å². The summed E-state index contributed by atoms with van der Waals surface area (Å²) in [4.78, 5) is 30.2. The van der Waals surface area contributed by atoms with E-state index in [9.17, 15) is 9.59 Å². The van der Waals surface area contributed by atoms with E-state index in [1.165, 1.54) is 4.90 Å². The molecule has 2 aliphatic rings. The molecule has 0 radical (unpaired) electrons. The van der Waals surface area contributed by atoms with Gasteiger partial charge in [-0.2, -0.15) is 0 Å². The van der Waals surface area contributed by atoms with Crippen LogP contribution in [0, 0.1) is 0 Å². The molecule has 1 aromatic rings. The van der Waals surface area contributed by atoms with Crippen molar-refractivity contribution >= 4 is 17.6 Å². The largest absolute Gasteiger partial charge is 0.495 e. The number of para-hydroxylation sites is 2. The molecular weight excluding hydrogens is 332 g/mol. The fourth-order valence-electron chi connectivity index (χ4n) is 3.58. The predicted octanol–water partition coefficient (Wildman–Crippen LogP) is 1.54. The van der Waals surface area contributed by atoms with Crippen LogP contribution in [0.15, 0.2) is 24.3 Å². The van der Waals surface area contributed by atoms with Crippen LogP contribution in [-0.2, 0) is 4.79 Å². The molecule has 2 saturated heterocycles. The molecule has 0 unspecified atom stereocenters. The summed E-state index contributed by atoms with van der Waals surface area (Å²) in [6.07, 6.45) is 0.796. The number of piperazine rings is 1. The molecule has 26 heavy (non-hydrogen) atoms. The van der Waals surface area contributed by atoms with Gasteiger partial charge < -0.3 is 15.0 Å². The Morgan fingerprint density at radius 1 is 1.08 bits per heavy atom. The van der Waals surface area contributed by atoms with Crippen molar-refractivity contribution in [3.05, 3.63) is 24.3 Å². The van der Waals surface area contributed by atoms with Crippen LogP contribution in [0.25, 0.3) is 0 Å². The third kappa shape index (κ3) is 3.77. The minimum Gasteiger partial charge on any atom is -0.495 e. The van der Waals surface area contributed by atoms with Crippen LogP contribution in [0.4, 0.5) is 10.5 Å². The quantitative estimate of drug-likeness (QED) is 0.780. The van der Waals surface area contributed by atoms with Crippen molar-refractivity contribution in [1.29, 1.82) is 0 Å². The molecule has 0 aromatic heterocycles. The van der Waals surface area contributed by atoms with Crippen molar-refractivity contribution in [2.45, 2.75) is 25.8 Å². The number of ether oxygens (including phenoxy) is 1. The summed E-state index contributed by atoms with van der Waals surface area (Å²) in [5.74, 6) is 0.769. The second-order valence-electron chi connectivity index (χ2n) is 7.37. The molecule has 0 atom stereocenters. The number of nitrogens with one attached hydrogen (secondary N) is 1. The van der Waals surface area contributed by atoms with Gasteiger partial charge in [0.1, 0.15) is 11.3 Å². The number of nitrogens with zero attached hydrogens (tertiary/aromatic N) is 3. The summed E-state index contributed by atoms with van der Waals surface area (Å²) in [5, 5.41) is 2.72. The number of urea groups is 1. The van der Waals surface area contributed by atoms with E-state index in [0.717, 1.165) is 50.6 Å². The average Bonchev–Trinajstić information content (AvgIpc) is 2.83. The molecule has 7 heteroatoms. The van der Waals surface area contributed by atoms with Crippen LogP contribution in [-0.4, -0.2) is 73.7 Å². The van der Waals surface area contributed by atoms with Gasteiger partial charge in [-0.1, -0.05) is 12.1 Å². The van der Waals surface area contributed by atoms with Gasteiger partial charge in [0.05, 0.1) is 12.8 Å². The van der Waals surface area contributed by atoms with Gasteiger partial charge in [-0.3, -0.25) is 14.6 Å².